The summed E-state index contributed by atoms with van der Waals surface area (Å²) in [6.07, 6.45) is 0.302. The molecule has 1 amide bonds. The Morgan fingerprint density at radius 3 is 2.57 bits per heavy atom. The van der Waals surface area contributed by atoms with E-state index in [4.69, 9.17) is 5.11 Å². The van der Waals surface area contributed by atoms with E-state index in [1.54, 1.807) is 11.4 Å². The van der Waals surface area contributed by atoms with Gasteiger partial charge in [0, 0.05) is 10.9 Å². The van der Waals surface area contributed by atoms with Gasteiger partial charge in [0.15, 0.2) is 0 Å². The summed E-state index contributed by atoms with van der Waals surface area (Å²) in [5.41, 5.74) is 1.43. The van der Waals surface area contributed by atoms with E-state index in [-0.39, 0.29) is 16.7 Å². The summed E-state index contributed by atoms with van der Waals surface area (Å²) in [4.78, 5) is 23.2. The Morgan fingerprint density at radius 2 is 1.95 bits per heavy atom. The molecule has 0 bridgehead atoms. The molecule has 1 unspecified atom stereocenters. The maximum absolute atomic E-state index is 12.0. The summed E-state index contributed by atoms with van der Waals surface area (Å²) in [5, 5.41) is 13.3. The fourth-order valence-electron chi connectivity index (χ4n) is 1.96. The van der Waals surface area contributed by atoms with E-state index in [0.717, 1.165) is 21.4 Å². The van der Waals surface area contributed by atoms with Gasteiger partial charge in [-0.25, -0.2) is 4.79 Å². The van der Waals surface area contributed by atoms with Crippen molar-refractivity contribution in [3.63, 3.8) is 0 Å². The number of amides is 1. The van der Waals surface area contributed by atoms with Crippen molar-refractivity contribution in [2.75, 3.05) is 5.32 Å². The highest BCUT2D eigenvalue weighted by Gasteiger charge is 2.16. The number of aromatic carboxylic acids is 1. The molecule has 21 heavy (non-hydrogen) atoms. The van der Waals surface area contributed by atoms with E-state index in [1.807, 2.05) is 31.2 Å². The number of hydrogen-bond donors (Lipinski definition) is 2. The van der Waals surface area contributed by atoms with Crippen LogP contribution in [0.15, 0.2) is 40.2 Å². The molecule has 0 radical (unpaired) electrons. The zero-order valence-electron chi connectivity index (χ0n) is 11.3. The van der Waals surface area contributed by atoms with Crippen LogP contribution in [-0.4, -0.2) is 17.0 Å². The number of anilines is 1. The molecule has 0 saturated carbocycles. The number of hydrogen-bond acceptors (Lipinski definition) is 3. The van der Waals surface area contributed by atoms with Gasteiger partial charge < -0.3 is 10.4 Å². The molecule has 6 heteroatoms. The van der Waals surface area contributed by atoms with E-state index in [0.29, 0.717) is 12.1 Å². The van der Waals surface area contributed by atoms with E-state index < -0.39 is 5.97 Å². The first kappa shape index (κ1) is 15.7. The second-order valence-electron chi connectivity index (χ2n) is 4.67. The van der Waals surface area contributed by atoms with Gasteiger partial charge in [0.1, 0.15) is 4.88 Å². The molecule has 0 aliphatic heterocycles. The molecule has 1 aromatic heterocycles. The largest absolute Gasteiger partial charge is 0.477 e. The number of carbonyl (C=O) groups is 2. The topological polar surface area (TPSA) is 66.4 Å². The third-order valence-corrected chi connectivity index (χ3v) is 4.50. The predicted molar refractivity (Wildman–Crippen MR) is 87.1 cm³/mol. The van der Waals surface area contributed by atoms with Crippen LogP contribution in [0.3, 0.4) is 0 Å². The van der Waals surface area contributed by atoms with Gasteiger partial charge in [0.2, 0.25) is 5.91 Å². The first-order valence-electron chi connectivity index (χ1n) is 6.33. The van der Waals surface area contributed by atoms with Gasteiger partial charge in [0.25, 0.3) is 0 Å². The number of carbonyl (C=O) groups excluding carboxylic acids is 1. The molecule has 2 aromatic rings. The highest BCUT2D eigenvalue weighted by atomic mass is 79.9. The SMILES string of the molecule is CC(CC(=O)Nc1ccsc1C(=O)O)c1ccc(Br)cc1. The van der Waals surface area contributed by atoms with Crippen molar-refractivity contribution >= 4 is 44.8 Å². The van der Waals surface area contributed by atoms with Crippen molar-refractivity contribution in [2.45, 2.75) is 19.3 Å². The summed E-state index contributed by atoms with van der Waals surface area (Å²) in [6, 6.07) is 9.41. The van der Waals surface area contributed by atoms with Gasteiger partial charge in [0.05, 0.1) is 5.69 Å². The normalized spacial score (nSPS) is 11.9. The second-order valence-corrected chi connectivity index (χ2v) is 6.51. The average molecular weight is 368 g/mol. The van der Waals surface area contributed by atoms with Gasteiger partial charge >= 0.3 is 5.97 Å². The molecule has 0 spiro atoms. The minimum Gasteiger partial charge on any atom is -0.477 e. The molecule has 0 aliphatic carbocycles. The molecule has 2 rings (SSSR count). The van der Waals surface area contributed by atoms with Crippen LogP contribution in [0.5, 0.6) is 0 Å². The zero-order valence-corrected chi connectivity index (χ0v) is 13.7. The first-order valence-corrected chi connectivity index (χ1v) is 8.00. The van der Waals surface area contributed by atoms with Crippen LogP contribution in [0.2, 0.25) is 0 Å². The van der Waals surface area contributed by atoms with Crippen molar-refractivity contribution in [3.05, 3.63) is 50.6 Å². The number of thiophene rings is 1. The van der Waals surface area contributed by atoms with Crippen molar-refractivity contribution in [3.8, 4) is 0 Å². The Bertz CT molecular complexity index is 651. The molecule has 1 aromatic carbocycles. The summed E-state index contributed by atoms with van der Waals surface area (Å²) in [6.45, 7) is 1.97. The van der Waals surface area contributed by atoms with E-state index in [1.165, 1.54) is 0 Å². The van der Waals surface area contributed by atoms with Gasteiger partial charge in [-0.15, -0.1) is 11.3 Å². The number of halogens is 1. The van der Waals surface area contributed by atoms with E-state index in [2.05, 4.69) is 21.2 Å². The molecule has 0 aliphatic rings. The smallest absolute Gasteiger partial charge is 0.348 e. The van der Waals surface area contributed by atoms with Gasteiger partial charge in [-0.1, -0.05) is 35.0 Å². The minimum absolute atomic E-state index is 0.0602. The van der Waals surface area contributed by atoms with Crippen molar-refractivity contribution < 1.29 is 14.7 Å². The fourth-order valence-corrected chi connectivity index (χ4v) is 2.91. The predicted octanol–water partition coefficient (Wildman–Crippen LogP) is 4.34. The lowest BCUT2D eigenvalue weighted by molar-refractivity contribution is -0.116. The Morgan fingerprint density at radius 1 is 1.29 bits per heavy atom. The fraction of sp³-hybridized carbons (Fsp3) is 0.200. The minimum atomic E-state index is -1.03. The Labute approximate surface area is 134 Å². The Hall–Kier alpha value is -1.66. The molecule has 1 heterocycles. The number of rotatable bonds is 5. The lowest BCUT2D eigenvalue weighted by Crippen LogP contribution is -2.15. The summed E-state index contributed by atoms with van der Waals surface area (Å²) >= 11 is 4.47. The highest BCUT2D eigenvalue weighted by Crippen LogP contribution is 2.25. The van der Waals surface area contributed by atoms with Gasteiger partial charge in [-0.2, -0.15) is 0 Å². The van der Waals surface area contributed by atoms with Crippen LogP contribution in [0, 0.1) is 0 Å². The van der Waals surface area contributed by atoms with Crippen LogP contribution < -0.4 is 5.32 Å². The molecular weight excluding hydrogens is 354 g/mol. The molecular formula is C15H14BrNO3S. The maximum Gasteiger partial charge on any atom is 0.348 e. The first-order chi connectivity index (χ1) is 9.97. The molecule has 1 atom stereocenters. The van der Waals surface area contributed by atoms with Crippen molar-refractivity contribution in [2.24, 2.45) is 0 Å². The molecule has 2 N–H and O–H groups in total. The van der Waals surface area contributed by atoms with Crippen molar-refractivity contribution in [1.29, 1.82) is 0 Å². The third kappa shape index (κ3) is 4.15. The van der Waals surface area contributed by atoms with Gasteiger partial charge in [-0.05, 0) is 35.1 Å². The number of carboxylic acid groups (broad SMARTS) is 1. The van der Waals surface area contributed by atoms with Crippen LogP contribution in [0.25, 0.3) is 0 Å². The van der Waals surface area contributed by atoms with Crippen LogP contribution in [-0.2, 0) is 4.79 Å². The van der Waals surface area contributed by atoms with Crippen molar-refractivity contribution in [1.82, 2.24) is 0 Å². The zero-order chi connectivity index (χ0) is 15.4. The monoisotopic (exact) mass is 367 g/mol. The van der Waals surface area contributed by atoms with Crippen LogP contribution >= 0.6 is 27.3 Å². The highest BCUT2D eigenvalue weighted by molar-refractivity contribution is 9.10. The summed E-state index contributed by atoms with van der Waals surface area (Å²) in [5.74, 6) is -1.16. The van der Waals surface area contributed by atoms with E-state index >= 15 is 0 Å². The van der Waals surface area contributed by atoms with Crippen LogP contribution in [0.4, 0.5) is 5.69 Å². The maximum atomic E-state index is 12.0. The summed E-state index contributed by atoms with van der Waals surface area (Å²) < 4.78 is 0.993. The third-order valence-electron chi connectivity index (χ3n) is 3.06. The molecule has 110 valence electrons. The molecule has 4 nitrogen and oxygen atoms in total. The average Bonchev–Trinajstić information content (AvgIpc) is 2.87. The number of carboxylic acids is 1. The van der Waals surface area contributed by atoms with E-state index in [9.17, 15) is 9.59 Å². The quantitative estimate of drug-likeness (QED) is 0.825. The molecule has 0 fully saturated rings. The lowest BCUT2D eigenvalue weighted by Gasteiger charge is -2.12. The summed E-state index contributed by atoms with van der Waals surface area (Å²) in [7, 11) is 0. The lowest BCUT2D eigenvalue weighted by atomic mass is 9.97. The van der Waals surface area contributed by atoms with Crippen LogP contribution in [0.1, 0.15) is 34.5 Å². The number of benzene rings is 1. The number of nitrogens with one attached hydrogen (secondary N) is 1. The second kappa shape index (κ2) is 6.87. The molecule has 0 saturated heterocycles. The van der Waals surface area contributed by atoms with Gasteiger partial charge in [-0.3, -0.25) is 4.79 Å². The Balaban J connectivity index is 1.99. The standard InChI is InChI=1S/C15H14BrNO3S/c1-9(10-2-4-11(16)5-3-10)8-13(18)17-12-6-7-21-14(12)15(19)20/h2-7,9H,8H2,1H3,(H,17,18)(H,19,20). The Kier molecular flexibility index (Phi) is 5.14.